The van der Waals surface area contributed by atoms with Gasteiger partial charge < -0.3 is 9.80 Å². The Labute approximate surface area is 186 Å². The average molecular weight is 429 g/mol. The first-order chi connectivity index (χ1) is 15.6. The van der Waals surface area contributed by atoms with Crippen LogP contribution in [0.1, 0.15) is 12.0 Å². The summed E-state index contributed by atoms with van der Waals surface area (Å²) < 4.78 is 15.4. The van der Waals surface area contributed by atoms with E-state index in [0.717, 1.165) is 43.2 Å². The molecule has 0 saturated carbocycles. The number of rotatable bonds is 3. The molecule has 2 unspecified atom stereocenters. The highest BCUT2D eigenvalue weighted by Gasteiger charge is 2.35. The van der Waals surface area contributed by atoms with Crippen LogP contribution in [0.3, 0.4) is 0 Å². The Hall–Kier alpha value is -3.48. The highest BCUT2D eigenvalue weighted by atomic mass is 19.1. The van der Waals surface area contributed by atoms with Gasteiger partial charge in [-0.25, -0.2) is 14.1 Å². The maximum absolute atomic E-state index is 13.5. The molecule has 4 aromatic rings. The Morgan fingerprint density at radius 3 is 2.50 bits per heavy atom. The Bertz CT molecular complexity index is 1260. The van der Waals surface area contributed by atoms with E-state index in [4.69, 9.17) is 4.98 Å². The van der Waals surface area contributed by atoms with Gasteiger partial charge in [-0.15, -0.1) is 0 Å². The number of anilines is 2. The third-order valence-corrected chi connectivity index (χ3v) is 6.62. The Kier molecular flexibility index (Phi) is 4.56. The molecule has 6 nitrogen and oxygen atoms in total. The summed E-state index contributed by atoms with van der Waals surface area (Å²) in [6.07, 6.45) is 6.86. The molecular formula is C25H25FN6. The number of aromatic nitrogens is 4. The molecular weight excluding hydrogens is 403 g/mol. The van der Waals surface area contributed by atoms with Crippen LogP contribution in [0.5, 0.6) is 0 Å². The van der Waals surface area contributed by atoms with E-state index in [1.54, 1.807) is 12.3 Å². The van der Waals surface area contributed by atoms with E-state index in [2.05, 4.69) is 45.0 Å². The first kappa shape index (κ1) is 19.2. The number of halogens is 1. The fraction of sp³-hybridized carbons (Fsp3) is 0.320. The van der Waals surface area contributed by atoms with Crippen LogP contribution in [0, 0.1) is 24.6 Å². The van der Waals surface area contributed by atoms with Crippen molar-refractivity contribution in [3.63, 3.8) is 0 Å². The molecule has 2 saturated heterocycles. The third-order valence-electron chi connectivity index (χ3n) is 6.62. The second-order valence-electron chi connectivity index (χ2n) is 9.08. The van der Waals surface area contributed by atoms with Crippen LogP contribution in [-0.4, -0.2) is 45.9 Å². The second-order valence-corrected chi connectivity index (χ2v) is 9.08. The molecule has 2 fully saturated rings. The molecule has 0 N–H and O–H groups in total. The quantitative estimate of drug-likeness (QED) is 0.489. The summed E-state index contributed by atoms with van der Waals surface area (Å²) in [5.41, 5.74) is 4.98. The van der Waals surface area contributed by atoms with Crippen LogP contribution < -0.4 is 9.80 Å². The Morgan fingerprint density at radius 2 is 1.72 bits per heavy atom. The van der Waals surface area contributed by atoms with Crippen LogP contribution in [0.25, 0.3) is 16.7 Å². The smallest absolute Gasteiger partial charge is 0.147 e. The average Bonchev–Trinajstić information content (AvgIpc) is 3.32. The van der Waals surface area contributed by atoms with Crippen molar-refractivity contribution in [3.05, 3.63) is 72.4 Å². The van der Waals surface area contributed by atoms with Crippen LogP contribution in [0.2, 0.25) is 0 Å². The number of hydrogen-bond donors (Lipinski definition) is 0. The Morgan fingerprint density at radius 1 is 0.906 bits per heavy atom. The SMILES string of the molecule is Cc1ccc(-n2cccn2)c(N2CC3CC(CN(c4cnc5cc(F)ccc5n4)C3)C2)c1. The molecule has 4 heterocycles. The first-order valence-corrected chi connectivity index (χ1v) is 11.2. The third kappa shape index (κ3) is 3.47. The molecule has 2 atom stereocenters. The van der Waals surface area contributed by atoms with Gasteiger partial charge in [0, 0.05) is 44.6 Å². The highest BCUT2D eigenvalue weighted by Crippen LogP contribution is 2.36. The topological polar surface area (TPSA) is 50.1 Å². The lowest BCUT2D eigenvalue weighted by molar-refractivity contribution is 0.275. The zero-order chi connectivity index (χ0) is 21.7. The van der Waals surface area contributed by atoms with Gasteiger partial charge in [-0.3, -0.25) is 4.98 Å². The fourth-order valence-electron chi connectivity index (χ4n) is 5.28. The minimum Gasteiger partial charge on any atom is -0.369 e. The summed E-state index contributed by atoms with van der Waals surface area (Å²) in [6.45, 7) is 6.08. The van der Waals surface area contributed by atoms with Crippen LogP contribution in [0.4, 0.5) is 15.9 Å². The number of nitrogens with zero attached hydrogens (tertiary/aromatic N) is 6. The van der Waals surface area contributed by atoms with Gasteiger partial charge in [0.25, 0.3) is 0 Å². The van der Waals surface area contributed by atoms with Gasteiger partial charge in [0.15, 0.2) is 0 Å². The van der Waals surface area contributed by atoms with Crippen molar-refractivity contribution in [2.75, 3.05) is 36.0 Å². The molecule has 2 aromatic carbocycles. The molecule has 2 aliphatic rings. The lowest BCUT2D eigenvalue weighted by Crippen LogP contribution is -2.53. The standard InChI is InChI=1S/C25H25FN6/c1-17-3-6-23(32-8-2-7-28-32)24(9-17)30-13-18-10-19(14-30)16-31(15-18)25-12-27-22-11-20(26)4-5-21(22)29-25/h2-9,11-12,18-19H,10,13-16H2,1H3. The minimum absolute atomic E-state index is 0.280. The summed E-state index contributed by atoms with van der Waals surface area (Å²) in [4.78, 5) is 14.1. The van der Waals surface area contributed by atoms with Crippen molar-refractivity contribution < 1.29 is 4.39 Å². The van der Waals surface area contributed by atoms with Crippen molar-refractivity contribution in [3.8, 4) is 5.69 Å². The molecule has 6 rings (SSSR count). The maximum atomic E-state index is 13.5. The molecule has 0 spiro atoms. The van der Waals surface area contributed by atoms with Crippen molar-refractivity contribution in [2.45, 2.75) is 13.3 Å². The fourth-order valence-corrected chi connectivity index (χ4v) is 5.28. The molecule has 2 aliphatic heterocycles. The first-order valence-electron chi connectivity index (χ1n) is 11.2. The second kappa shape index (κ2) is 7.58. The number of piperidine rings is 2. The monoisotopic (exact) mass is 428 g/mol. The van der Waals surface area contributed by atoms with Gasteiger partial charge in [0.1, 0.15) is 11.6 Å². The molecule has 2 bridgehead atoms. The van der Waals surface area contributed by atoms with E-state index in [0.29, 0.717) is 17.4 Å². The molecule has 2 aromatic heterocycles. The number of aryl methyl sites for hydroxylation is 1. The number of hydrogen-bond acceptors (Lipinski definition) is 5. The van der Waals surface area contributed by atoms with E-state index in [1.165, 1.54) is 29.8 Å². The van der Waals surface area contributed by atoms with Crippen LogP contribution in [-0.2, 0) is 0 Å². The molecule has 162 valence electrons. The summed E-state index contributed by atoms with van der Waals surface area (Å²) >= 11 is 0. The molecule has 32 heavy (non-hydrogen) atoms. The molecule has 0 aliphatic carbocycles. The van der Waals surface area contributed by atoms with E-state index in [9.17, 15) is 4.39 Å². The molecule has 0 radical (unpaired) electrons. The molecule has 0 amide bonds. The number of fused-ring (bicyclic) bond motifs is 3. The summed E-state index contributed by atoms with van der Waals surface area (Å²) in [7, 11) is 0. The highest BCUT2D eigenvalue weighted by molar-refractivity contribution is 5.75. The largest absolute Gasteiger partial charge is 0.369 e. The summed E-state index contributed by atoms with van der Waals surface area (Å²) in [5.74, 6) is 1.72. The van der Waals surface area contributed by atoms with Gasteiger partial charge in [-0.05, 0) is 61.1 Å². The molecule has 7 heteroatoms. The predicted octanol–water partition coefficient (Wildman–Crippen LogP) is 4.23. The lowest BCUT2D eigenvalue weighted by atomic mass is 9.84. The van der Waals surface area contributed by atoms with E-state index >= 15 is 0 Å². The van der Waals surface area contributed by atoms with E-state index < -0.39 is 0 Å². The number of benzene rings is 2. The van der Waals surface area contributed by atoms with Gasteiger partial charge in [0.2, 0.25) is 0 Å². The van der Waals surface area contributed by atoms with E-state index in [1.807, 2.05) is 23.1 Å². The van der Waals surface area contributed by atoms with Crippen molar-refractivity contribution in [1.82, 2.24) is 19.7 Å². The van der Waals surface area contributed by atoms with Crippen LogP contribution >= 0.6 is 0 Å². The van der Waals surface area contributed by atoms with Crippen LogP contribution in [0.15, 0.2) is 61.1 Å². The lowest BCUT2D eigenvalue weighted by Gasteiger charge is -2.47. The van der Waals surface area contributed by atoms with Gasteiger partial charge in [0.05, 0.1) is 28.6 Å². The summed E-state index contributed by atoms with van der Waals surface area (Å²) in [6, 6.07) is 13.2. The van der Waals surface area contributed by atoms with Gasteiger partial charge >= 0.3 is 0 Å². The maximum Gasteiger partial charge on any atom is 0.147 e. The van der Waals surface area contributed by atoms with Gasteiger partial charge in [-0.1, -0.05) is 6.07 Å². The normalized spacial score (nSPS) is 20.7. The van der Waals surface area contributed by atoms with Crippen molar-refractivity contribution >= 4 is 22.5 Å². The van der Waals surface area contributed by atoms with Crippen molar-refractivity contribution in [1.29, 1.82) is 0 Å². The zero-order valence-electron chi connectivity index (χ0n) is 18.0. The van der Waals surface area contributed by atoms with E-state index in [-0.39, 0.29) is 5.82 Å². The summed E-state index contributed by atoms with van der Waals surface area (Å²) in [5, 5.41) is 4.47. The minimum atomic E-state index is -0.280. The Balaban J connectivity index is 1.26. The van der Waals surface area contributed by atoms with Gasteiger partial charge in [-0.2, -0.15) is 5.10 Å². The predicted molar refractivity (Wildman–Crippen MR) is 124 cm³/mol. The zero-order valence-corrected chi connectivity index (χ0v) is 18.0. The van der Waals surface area contributed by atoms with Crippen molar-refractivity contribution in [2.24, 2.45) is 11.8 Å².